The van der Waals surface area contributed by atoms with E-state index in [1.54, 1.807) is 9.80 Å². The highest BCUT2D eigenvalue weighted by molar-refractivity contribution is 5.94. The highest BCUT2D eigenvalue weighted by Crippen LogP contribution is 2.29. The molecule has 1 saturated carbocycles. The number of nitrogens with zero attached hydrogens (tertiary/aromatic N) is 2. The summed E-state index contributed by atoms with van der Waals surface area (Å²) in [6.45, 7) is 1.93. The van der Waals surface area contributed by atoms with E-state index >= 15 is 0 Å². The number of carbonyl (C=O) groups excluding carboxylic acids is 3. The predicted molar refractivity (Wildman–Crippen MR) is 98.9 cm³/mol. The van der Waals surface area contributed by atoms with Crippen LogP contribution in [0.25, 0.3) is 0 Å². The van der Waals surface area contributed by atoms with Crippen molar-refractivity contribution >= 4 is 17.7 Å². The van der Waals surface area contributed by atoms with Gasteiger partial charge in [-0.15, -0.1) is 0 Å². The minimum atomic E-state index is -4.44. The molecular formula is C20H24F3N3O3. The van der Waals surface area contributed by atoms with Crippen molar-refractivity contribution in [1.29, 1.82) is 0 Å². The van der Waals surface area contributed by atoms with Crippen LogP contribution in [0.2, 0.25) is 0 Å². The lowest BCUT2D eigenvalue weighted by atomic mass is 10.1. The fourth-order valence-electron chi connectivity index (χ4n) is 3.24. The Morgan fingerprint density at radius 1 is 0.966 bits per heavy atom. The smallest absolute Gasteiger partial charge is 0.356 e. The zero-order chi connectivity index (χ0) is 21.0. The van der Waals surface area contributed by atoms with Crippen LogP contribution in [0.4, 0.5) is 13.2 Å². The summed E-state index contributed by atoms with van der Waals surface area (Å²) in [7, 11) is 0. The normalized spacial score (nSPS) is 17.2. The quantitative estimate of drug-likeness (QED) is 0.731. The first-order chi connectivity index (χ1) is 13.8. The zero-order valence-electron chi connectivity index (χ0n) is 16.0. The molecule has 1 N–H and O–H groups in total. The van der Waals surface area contributed by atoms with Gasteiger partial charge >= 0.3 is 6.18 Å². The largest absolute Gasteiger partial charge is 0.416 e. The van der Waals surface area contributed by atoms with Gasteiger partial charge in [0.2, 0.25) is 11.8 Å². The van der Waals surface area contributed by atoms with Crippen molar-refractivity contribution in [3.05, 3.63) is 35.4 Å². The van der Waals surface area contributed by atoms with Gasteiger partial charge in [-0.1, -0.05) is 0 Å². The van der Waals surface area contributed by atoms with E-state index in [9.17, 15) is 27.6 Å². The molecule has 29 heavy (non-hydrogen) atoms. The lowest BCUT2D eigenvalue weighted by Gasteiger charge is -2.35. The van der Waals surface area contributed by atoms with E-state index < -0.39 is 11.7 Å². The van der Waals surface area contributed by atoms with Gasteiger partial charge in [0.15, 0.2) is 0 Å². The molecule has 0 aromatic heterocycles. The second kappa shape index (κ2) is 8.84. The Morgan fingerprint density at radius 3 is 2.10 bits per heavy atom. The van der Waals surface area contributed by atoms with E-state index in [0.29, 0.717) is 45.6 Å². The standard InChI is InChI=1S/C20H24F3N3O3/c21-20(22,23)16-7-5-15(6-8-16)19(29)26-12-10-25(11-13-26)17(27)2-1-9-24-18(28)14-3-4-14/h5-8,14H,1-4,9-13H2,(H,24,28). The molecule has 6 nitrogen and oxygen atoms in total. The Labute approximate surface area is 167 Å². The number of benzene rings is 1. The van der Waals surface area contributed by atoms with Gasteiger partial charge in [0.1, 0.15) is 0 Å². The average molecular weight is 411 g/mol. The molecule has 0 bridgehead atoms. The molecule has 9 heteroatoms. The molecule has 0 atom stereocenters. The molecule has 158 valence electrons. The number of amides is 3. The van der Waals surface area contributed by atoms with Crippen LogP contribution < -0.4 is 5.32 Å². The third-order valence-electron chi connectivity index (χ3n) is 5.19. The van der Waals surface area contributed by atoms with Crippen molar-refractivity contribution in [3.8, 4) is 0 Å². The van der Waals surface area contributed by atoms with Gasteiger partial charge in [0.05, 0.1) is 5.56 Å². The van der Waals surface area contributed by atoms with Crippen LogP contribution in [0.5, 0.6) is 0 Å². The third-order valence-corrected chi connectivity index (χ3v) is 5.19. The summed E-state index contributed by atoms with van der Waals surface area (Å²) in [6.07, 6.45) is -1.64. The highest BCUT2D eigenvalue weighted by Gasteiger charge is 2.31. The van der Waals surface area contributed by atoms with Crippen molar-refractivity contribution in [1.82, 2.24) is 15.1 Å². The fraction of sp³-hybridized carbons (Fsp3) is 0.550. The number of nitrogens with one attached hydrogen (secondary N) is 1. The maximum Gasteiger partial charge on any atom is 0.416 e. The van der Waals surface area contributed by atoms with Crippen LogP contribution in [0, 0.1) is 5.92 Å². The molecular weight excluding hydrogens is 387 g/mol. The molecule has 1 aliphatic carbocycles. The van der Waals surface area contributed by atoms with Crippen molar-refractivity contribution < 1.29 is 27.6 Å². The van der Waals surface area contributed by atoms with Crippen molar-refractivity contribution in [2.75, 3.05) is 32.7 Å². The topological polar surface area (TPSA) is 69.7 Å². The summed E-state index contributed by atoms with van der Waals surface area (Å²) in [4.78, 5) is 39.5. The SMILES string of the molecule is O=C(NCCCC(=O)N1CCN(C(=O)c2ccc(C(F)(F)F)cc2)CC1)C1CC1. The van der Waals surface area contributed by atoms with E-state index in [-0.39, 0.29) is 29.2 Å². The van der Waals surface area contributed by atoms with Crippen molar-refractivity contribution in [3.63, 3.8) is 0 Å². The first-order valence-electron chi connectivity index (χ1n) is 9.78. The van der Waals surface area contributed by atoms with Gasteiger partial charge in [-0.05, 0) is 43.5 Å². The molecule has 1 aromatic carbocycles. The Hall–Kier alpha value is -2.58. The molecule has 3 rings (SSSR count). The van der Waals surface area contributed by atoms with E-state index in [2.05, 4.69) is 5.32 Å². The van der Waals surface area contributed by atoms with Gasteiger partial charge in [-0.3, -0.25) is 14.4 Å². The minimum Gasteiger partial charge on any atom is -0.356 e. The van der Waals surface area contributed by atoms with Gasteiger partial charge in [-0.2, -0.15) is 13.2 Å². The number of rotatable bonds is 6. The Morgan fingerprint density at radius 2 is 1.55 bits per heavy atom. The van der Waals surface area contributed by atoms with E-state index in [1.807, 2.05) is 0 Å². The van der Waals surface area contributed by atoms with Crippen LogP contribution in [-0.2, 0) is 15.8 Å². The number of hydrogen-bond donors (Lipinski definition) is 1. The molecule has 1 heterocycles. The molecule has 1 aromatic rings. The molecule has 2 aliphatic rings. The first kappa shape index (κ1) is 21.1. The molecule has 0 unspecified atom stereocenters. The van der Waals surface area contributed by atoms with Gasteiger partial charge in [-0.25, -0.2) is 0 Å². The number of halogens is 3. The Bertz CT molecular complexity index is 752. The third kappa shape index (κ3) is 5.71. The number of alkyl halides is 3. The number of carbonyl (C=O) groups is 3. The second-order valence-corrected chi connectivity index (χ2v) is 7.42. The summed E-state index contributed by atoms with van der Waals surface area (Å²) in [6, 6.07) is 4.15. The second-order valence-electron chi connectivity index (χ2n) is 7.42. The van der Waals surface area contributed by atoms with Gasteiger partial charge in [0, 0.05) is 50.6 Å². The molecule has 0 spiro atoms. The maximum atomic E-state index is 12.6. The first-order valence-corrected chi connectivity index (χ1v) is 9.78. The van der Waals surface area contributed by atoms with Gasteiger partial charge in [0.25, 0.3) is 5.91 Å². The van der Waals surface area contributed by atoms with Gasteiger partial charge < -0.3 is 15.1 Å². The fourth-order valence-corrected chi connectivity index (χ4v) is 3.24. The van der Waals surface area contributed by atoms with E-state index in [1.165, 1.54) is 12.1 Å². The Balaban J connectivity index is 1.40. The molecule has 0 radical (unpaired) electrons. The average Bonchev–Trinajstić information content (AvgIpc) is 3.55. The highest BCUT2D eigenvalue weighted by atomic mass is 19.4. The molecule has 1 saturated heterocycles. The van der Waals surface area contributed by atoms with Crippen molar-refractivity contribution in [2.24, 2.45) is 5.92 Å². The summed E-state index contributed by atoms with van der Waals surface area (Å²) in [5.74, 6) is -0.144. The lowest BCUT2D eigenvalue weighted by Crippen LogP contribution is -2.50. The maximum absolute atomic E-state index is 12.6. The van der Waals surface area contributed by atoms with Crippen LogP contribution in [0.3, 0.4) is 0 Å². The molecule has 2 fully saturated rings. The summed E-state index contributed by atoms with van der Waals surface area (Å²) in [5, 5.41) is 2.82. The van der Waals surface area contributed by atoms with Crippen LogP contribution in [-0.4, -0.2) is 60.2 Å². The van der Waals surface area contributed by atoms with Crippen LogP contribution in [0.15, 0.2) is 24.3 Å². The predicted octanol–water partition coefficient (Wildman–Crippen LogP) is 2.30. The monoisotopic (exact) mass is 411 g/mol. The molecule has 3 amide bonds. The number of piperazine rings is 1. The summed E-state index contributed by atoms with van der Waals surface area (Å²) < 4.78 is 37.9. The molecule has 1 aliphatic heterocycles. The summed E-state index contributed by atoms with van der Waals surface area (Å²) in [5.41, 5.74) is -0.595. The lowest BCUT2D eigenvalue weighted by molar-refractivity contribution is -0.137. The van der Waals surface area contributed by atoms with Crippen LogP contribution >= 0.6 is 0 Å². The van der Waals surface area contributed by atoms with Crippen LogP contribution in [0.1, 0.15) is 41.6 Å². The number of hydrogen-bond acceptors (Lipinski definition) is 3. The minimum absolute atomic E-state index is 0.0210. The van der Waals surface area contributed by atoms with E-state index in [0.717, 1.165) is 25.0 Å². The summed E-state index contributed by atoms with van der Waals surface area (Å²) >= 11 is 0. The Kier molecular flexibility index (Phi) is 6.44. The van der Waals surface area contributed by atoms with E-state index in [4.69, 9.17) is 0 Å². The van der Waals surface area contributed by atoms with Crippen molar-refractivity contribution in [2.45, 2.75) is 31.9 Å². The zero-order valence-corrected chi connectivity index (χ0v) is 16.0.